The summed E-state index contributed by atoms with van der Waals surface area (Å²) in [6, 6.07) is 12.3. The van der Waals surface area contributed by atoms with Crippen LogP contribution in [0.4, 0.5) is 0 Å². The summed E-state index contributed by atoms with van der Waals surface area (Å²) in [5.74, 6) is 0. The molecule has 0 saturated carbocycles. The minimum absolute atomic E-state index is 0.562. The lowest BCUT2D eigenvalue weighted by Gasteiger charge is -1.65. The van der Waals surface area contributed by atoms with E-state index in [0.717, 1.165) is 0 Å². The van der Waals surface area contributed by atoms with Crippen molar-refractivity contribution < 1.29 is 0 Å². The highest BCUT2D eigenvalue weighted by Gasteiger charge is 1.95. The lowest BCUT2D eigenvalue weighted by Crippen LogP contribution is -1.63. The molecular formula is C9H5N2+. The fraction of sp³-hybridized carbons (Fsp3) is 0. The Morgan fingerprint density at radius 2 is 2.00 bits per heavy atom. The number of rotatable bonds is 0. The van der Waals surface area contributed by atoms with Crippen LogP contribution in [0.3, 0.4) is 0 Å². The fourth-order valence-corrected chi connectivity index (χ4v) is 0.695. The summed E-state index contributed by atoms with van der Waals surface area (Å²) in [7, 11) is 0. The first-order valence-corrected chi connectivity index (χ1v) is 3.10. The van der Waals surface area contributed by atoms with Gasteiger partial charge in [0.25, 0.3) is 0 Å². The Hall–Kier alpha value is -1.93. The van der Waals surface area contributed by atoms with Crippen LogP contribution >= 0.6 is 0 Å². The highest BCUT2D eigenvalue weighted by atomic mass is 14.2. The van der Waals surface area contributed by atoms with Crippen LogP contribution in [-0.2, 0) is 0 Å². The van der Waals surface area contributed by atoms with Gasteiger partial charge in [0, 0.05) is 24.3 Å². The van der Waals surface area contributed by atoms with Gasteiger partial charge >= 0.3 is 0 Å². The third-order valence-electron chi connectivity index (χ3n) is 1.25. The molecule has 0 aliphatic carbocycles. The van der Waals surface area contributed by atoms with Crippen LogP contribution in [0.15, 0.2) is 30.3 Å². The van der Waals surface area contributed by atoms with Gasteiger partial charge in [-0.1, -0.05) is 0 Å². The summed E-state index contributed by atoms with van der Waals surface area (Å²) < 4.78 is 0. The normalized spacial score (nSPS) is 7.82. The van der Waals surface area contributed by atoms with Crippen molar-refractivity contribution in [2.24, 2.45) is 0 Å². The molecule has 1 rings (SSSR count). The first-order chi connectivity index (χ1) is 5.36. The predicted octanol–water partition coefficient (Wildman–Crippen LogP) is 1.71. The smallest absolute Gasteiger partial charge is 0.180 e. The Morgan fingerprint density at radius 1 is 1.18 bits per heavy atom. The summed E-state index contributed by atoms with van der Waals surface area (Å²) in [4.78, 5) is 0. The summed E-state index contributed by atoms with van der Waals surface area (Å²) >= 11 is 0. The molecule has 0 aliphatic heterocycles. The summed E-state index contributed by atoms with van der Waals surface area (Å²) in [6.45, 7) is 0. The Bertz CT molecular complexity index is 314. The van der Waals surface area contributed by atoms with E-state index in [4.69, 9.17) is 10.5 Å². The number of hydrogen-bond acceptors (Lipinski definition) is 2. The molecule has 0 atom stereocenters. The van der Waals surface area contributed by atoms with E-state index in [9.17, 15) is 0 Å². The average Bonchev–Trinajstić information content (AvgIpc) is 2.28. The van der Waals surface area contributed by atoms with E-state index in [1.54, 1.807) is 30.3 Å². The maximum absolute atomic E-state index is 8.48. The third kappa shape index (κ3) is 1.74. The molecule has 0 saturated heterocycles. The number of nitrogens with zero attached hydrogens (tertiary/aromatic N) is 2. The van der Waals surface area contributed by atoms with Crippen LogP contribution in [0.1, 0.15) is 11.1 Å². The van der Waals surface area contributed by atoms with Gasteiger partial charge in [0.2, 0.25) is 6.07 Å². The van der Waals surface area contributed by atoms with Crippen LogP contribution in [-0.4, -0.2) is 0 Å². The standard InChI is InChI=1S/C9H5N2/c10-6-8-2-1-3-9(7-11)5-4-8/h1-5H/q+1. The van der Waals surface area contributed by atoms with Crippen molar-refractivity contribution in [3.63, 3.8) is 0 Å². The lowest BCUT2D eigenvalue weighted by atomic mass is 10.3. The maximum Gasteiger partial charge on any atom is 0.225 e. The zero-order valence-electron chi connectivity index (χ0n) is 5.78. The molecule has 1 aromatic carbocycles. The Labute approximate surface area is 65.0 Å². The maximum atomic E-state index is 8.48. The van der Waals surface area contributed by atoms with Crippen molar-refractivity contribution in [1.29, 1.82) is 10.5 Å². The van der Waals surface area contributed by atoms with Crippen LogP contribution in [0.25, 0.3) is 0 Å². The van der Waals surface area contributed by atoms with Crippen molar-refractivity contribution in [3.05, 3.63) is 41.5 Å². The van der Waals surface area contributed by atoms with Crippen LogP contribution < -0.4 is 0 Å². The average molecular weight is 141 g/mol. The van der Waals surface area contributed by atoms with Crippen molar-refractivity contribution in [1.82, 2.24) is 0 Å². The summed E-state index contributed by atoms with van der Waals surface area (Å²) in [5.41, 5.74) is 1.12. The summed E-state index contributed by atoms with van der Waals surface area (Å²) in [6.07, 6.45) is 0. The Kier molecular flexibility index (Phi) is 2.15. The molecule has 0 unspecified atom stereocenters. The van der Waals surface area contributed by atoms with E-state index in [1.807, 2.05) is 12.1 Å². The molecule has 2 heteroatoms. The van der Waals surface area contributed by atoms with E-state index in [-0.39, 0.29) is 0 Å². The molecule has 0 aromatic heterocycles. The monoisotopic (exact) mass is 141 g/mol. The van der Waals surface area contributed by atoms with E-state index < -0.39 is 0 Å². The second-order valence-electron chi connectivity index (χ2n) is 1.99. The van der Waals surface area contributed by atoms with Crippen molar-refractivity contribution in [3.8, 4) is 12.1 Å². The first-order valence-electron chi connectivity index (χ1n) is 3.10. The zero-order valence-corrected chi connectivity index (χ0v) is 5.78. The van der Waals surface area contributed by atoms with Gasteiger partial charge in [-0.25, -0.2) is 0 Å². The molecule has 0 aliphatic rings. The fourth-order valence-electron chi connectivity index (χ4n) is 0.695. The highest BCUT2D eigenvalue weighted by Crippen LogP contribution is 1.98. The molecule has 0 heterocycles. The van der Waals surface area contributed by atoms with Gasteiger partial charge in [0.1, 0.15) is 5.56 Å². The lowest BCUT2D eigenvalue weighted by molar-refractivity contribution is 1.49. The summed E-state index contributed by atoms with van der Waals surface area (Å²) in [5, 5.41) is 17.0. The van der Waals surface area contributed by atoms with Gasteiger partial charge in [-0.15, -0.1) is 5.26 Å². The van der Waals surface area contributed by atoms with Gasteiger partial charge in [0.05, 0.1) is 0 Å². The zero-order chi connectivity index (χ0) is 8.10. The molecule has 0 fully saturated rings. The molecule has 50 valence electrons. The van der Waals surface area contributed by atoms with Crippen LogP contribution in [0, 0.1) is 22.7 Å². The molecule has 0 radical (unpaired) electrons. The van der Waals surface area contributed by atoms with Gasteiger partial charge < -0.3 is 0 Å². The van der Waals surface area contributed by atoms with Gasteiger partial charge in [-0.3, -0.25) is 0 Å². The minimum atomic E-state index is 0.562. The predicted molar refractivity (Wildman–Crippen MR) is 40.3 cm³/mol. The van der Waals surface area contributed by atoms with Crippen LogP contribution in [0.5, 0.6) is 0 Å². The molecule has 0 amide bonds. The largest absolute Gasteiger partial charge is 0.225 e. The quantitative estimate of drug-likeness (QED) is 0.516. The molecular weight excluding hydrogens is 136 g/mol. The third-order valence-corrected chi connectivity index (χ3v) is 1.25. The van der Waals surface area contributed by atoms with Gasteiger partial charge in [-0.05, 0) is 6.07 Å². The highest BCUT2D eigenvalue weighted by molar-refractivity contribution is 5.34. The SMILES string of the molecule is N#Cc1cccc(C#N)[cH+]c1. The second-order valence-corrected chi connectivity index (χ2v) is 1.99. The number of hydrogen-bond donors (Lipinski definition) is 0. The van der Waals surface area contributed by atoms with Gasteiger partial charge in [-0.2, -0.15) is 5.26 Å². The van der Waals surface area contributed by atoms with Crippen LogP contribution in [0.2, 0.25) is 0 Å². The van der Waals surface area contributed by atoms with E-state index >= 15 is 0 Å². The topological polar surface area (TPSA) is 47.6 Å². The van der Waals surface area contributed by atoms with Crippen molar-refractivity contribution in [2.75, 3.05) is 0 Å². The van der Waals surface area contributed by atoms with E-state index in [1.165, 1.54) is 0 Å². The molecule has 2 nitrogen and oxygen atoms in total. The minimum Gasteiger partial charge on any atom is -0.180 e. The molecule has 0 N–H and O–H groups in total. The van der Waals surface area contributed by atoms with Gasteiger partial charge in [0.15, 0.2) is 11.6 Å². The number of nitriles is 2. The Morgan fingerprint density at radius 3 is 2.64 bits per heavy atom. The molecule has 0 bridgehead atoms. The van der Waals surface area contributed by atoms with E-state index in [0.29, 0.717) is 11.1 Å². The van der Waals surface area contributed by atoms with Crippen molar-refractivity contribution in [2.45, 2.75) is 0 Å². The second kappa shape index (κ2) is 3.29. The van der Waals surface area contributed by atoms with Crippen molar-refractivity contribution >= 4 is 0 Å². The Balaban J connectivity index is 3.23. The molecule has 1 aromatic rings. The molecule has 0 spiro atoms. The molecule has 11 heavy (non-hydrogen) atoms. The van der Waals surface area contributed by atoms with E-state index in [2.05, 4.69) is 0 Å². The first kappa shape index (κ1) is 7.18.